The molecule has 138 valence electrons. The van der Waals surface area contributed by atoms with Crippen LogP contribution in [0.15, 0.2) is 59.7 Å². The van der Waals surface area contributed by atoms with Gasteiger partial charge in [0.1, 0.15) is 5.75 Å². The lowest BCUT2D eigenvalue weighted by Crippen LogP contribution is -2.17. The van der Waals surface area contributed by atoms with Gasteiger partial charge in [-0.25, -0.2) is 10.1 Å². The summed E-state index contributed by atoms with van der Waals surface area (Å²) in [5.74, 6) is 0.456. The van der Waals surface area contributed by atoms with E-state index in [-0.39, 0.29) is 5.91 Å². The fourth-order valence-electron chi connectivity index (χ4n) is 2.75. The van der Waals surface area contributed by atoms with E-state index < -0.39 is 0 Å². The number of nitrogens with one attached hydrogen (secondary N) is 1. The minimum absolute atomic E-state index is 0.278. The predicted octanol–water partition coefficient (Wildman–Crippen LogP) is 3.65. The molecule has 1 heterocycles. The highest BCUT2D eigenvalue weighted by molar-refractivity contribution is 5.95. The number of benzene rings is 2. The van der Waals surface area contributed by atoms with Crippen LogP contribution in [0.2, 0.25) is 0 Å². The van der Waals surface area contributed by atoms with E-state index in [1.165, 1.54) is 0 Å². The van der Waals surface area contributed by atoms with E-state index in [1.54, 1.807) is 30.5 Å². The quantitative estimate of drug-likeness (QED) is 0.537. The second-order valence-electron chi connectivity index (χ2n) is 5.99. The Bertz CT molecular complexity index is 944. The van der Waals surface area contributed by atoms with E-state index >= 15 is 0 Å². The fourth-order valence-corrected chi connectivity index (χ4v) is 2.75. The lowest BCUT2D eigenvalue weighted by atomic mass is 10.2. The lowest BCUT2D eigenvalue weighted by Gasteiger charge is -2.04. The first-order valence-corrected chi connectivity index (χ1v) is 8.78. The van der Waals surface area contributed by atoms with Crippen LogP contribution < -0.4 is 10.2 Å². The zero-order chi connectivity index (χ0) is 19.2. The van der Waals surface area contributed by atoms with Crippen molar-refractivity contribution in [2.24, 2.45) is 5.10 Å². The van der Waals surface area contributed by atoms with Crippen molar-refractivity contribution in [3.8, 4) is 11.4 Å². The van der Waals surface area contributed by atoms with Crippen LogP contribution >= 0.6 is 0 Å². The number of para-hydroxylation sites is 1. The number of carbonyl (C=O) groups excluding carboxylic acids is 1. The monoisotopic (exact) mass is 362 g/mol. The summed E-state index contributed by atoms with van der Waals surface area (Å²) in [5, 5.41) is 8.66. The van der Waals surface area contributed by atoms with Crippen molar-refractivity contribution in [2.75, 3.05) is 6.61 Å². The Kier molecular flexibility index (Phi) is 5.66. The Labute approximate surface area is 158 Å². The average Bonchev–Trinajstić information content (AvgIpc) is 2.97. The minimum Gasteiger partial charge on any atom is -0.494 e. The number of aromatic nitrogens is 2. The number of hydrogen-bond donors (Lipinski definition) is 1. The summed E-state index contributed by atoms with van der Waals surface area (Å²) in [5.41, 5.74) is 6.73. The van der Waals surface area contributed by atoms with Crippen LogP contribution in [0.5, 0.6) is 5.75 Å². The third-order valence-electron chi connectivity index (χ3n) is 4.14. The van der Waals surface area contributed by atoms with Crippen molar-refractivity contribution in [3.63, 3.8) is 0 Å². The topological polar surface area (TPSA) is 68.5 Å². The van der Waals surface area contributed by atoms with Crippen molar-refractivity contribution in [2.45, 2.75) is 20.8 Å². The molecule has 6 heteroatoms. The number of nitrogens with zero attached hydrogens (tertiary/aromatic N) is 3. The van der Waals surface area contributed by atoms with Gasteiger partial charge in [0.25, 0.3) is 5.91 Å². The summed E-state index contributed by atoms with van der Waals surface area (Å²) in [6.45, 7) is 6.40. The molecule has 27 heavy (non-hydrogen) atoms. The molecule has 0 atom stereocenters. The normalized spacial score (nSPS) is 10.9. The lowest BCUT2D eigenvalue weighted by molar-refractivity contribution is 0.0955. The summed E-state index contributed by atoms with van der Waals surface area (Å²) in [7, 11) is 0. The van der Waals surface area contributed by atoms with Crippen molar-refractivity contribution >= 4 is 12.1 Å². The minimum atomic E-state index is -0.278. The van der Waals surface area contributed by atoms with Gasteiger partial charge in [-0.05, 0) is 57.2 Å². The van der Waals surface area contributed by atoms with Crippen LogP contribution in [0.3, 0.4) is 0 Å². The van der Waals surface area contributed by atoms with Gasteiger partial charge < -0.3 is 4.74 Å². The van der Waals surface area contributed by atoms with Gasteiger partial charge in [-0.15, -0.1) is 0 Å². The molecule has 0 aliphatic rings. The molecule has 0 spiro atoms. The molecule has 0 saturated carbocycles. The van der Waals surface area contributed by atoms with Crippen LogP contribution in [0.1, 0.15) is 34.2 Å². The molecule has 0 aliphatic heterocycles. The highest BCUT2D eigenvalue weighted by Gasteiger charge is 2.11. The van der Waals surface area contributed by atoms with Gasteiger partial charge in [-0.3, -0.25) is 4.79 Å². The molecule has 0 bridgehead atoms. The van der Waals surface area contributed by atoms with Crippen molar-refractivity contribution in [3.05, 3.63) is 77.1 Å². The Morgan fingerprint density at radius 1 is 1.15 bits per heavy atom. The van der Waals surface area contributed by atoms with Crippen molar-refractivity contribution in [1.82, 2.24) is 15.2 Å². The Balaban J connectivity index is 1.71. The third-order valence-corrected chi connectivity index (χ3v) is 4.14. The summed E-state index contributed by atoms with van der Waals surface area (Å²) >= 11 is 0. The number of carbonyl (C=O) groups is 1. The zero-order valence-corrected chi connectivity index (χ0v) is 15.6. The molecule has 1 aromatic heterocycles. The number of rotatable bonds is 6. The van der Waals surface area contributed by atoms with E-state index in [9.17, 15) is 4.79 Å². The van der Waals surface area contributed by atoms with E-state index in [1.807, 2.05) is 55.8 Å². The van der Waals surface area contributed by atoms with Crippen LogP contribution in [0, 0.1) is 13.8 Å². The summed E-state index contributed by atoms with van der Waals surface area (Å²) < 4.78 is 7.24. The van der Waals surface area contributed by atoms with Gasteiger partial charge in [0, 0.05) is 11.1 Å². The molecular formula is C21H22N4O2. The van der Waals surface area contributed by atoms with Crippen LogP contribution in [0.25, 0.3) is 5.69 Å². The molecule has 0 fully saturated rings. The molecule has 3 aromatic rings. The number of amides is 1. The highest BCUT2D eigenvalue weighted by Crippen LogP contribution is 2.16. The van der Waals surface area contributed by atoms with Gasteiger partial charge >= 0.3 is 0 Å². The molecule has 1 N–H and O–H groups in total. The zero-order valence-electron chi connectivity index (χ0n) is 15.6. The second-order valence-corrected chi connectivity index (χ2v) is 5.99. The van der Waals surface area contributed by atoms with Crippen LogP contribution in [0.4, 0.5) is 0 Å². The summed E-state index contributed by atoms with van der Waals surface area (Å²) in [6, 6.07) is 16.8. The maximum atomic E-state index is 12.2. The van der Waals surface area contributed by atoms with Gasteiger partial charge in [-0.2, -0.15) is 10.2 Å². The number of ether oxygens (including phenoxy) is 1. The maximum absolute atomic E-state index is 12.2. The first kappa shape index (κ1) is 18.4. The van der Waals surface area contributed by atoms with Crippen LogP contribution in [-0.2, 0) is 0 Å². The van der Waals surface area contributed by atoms with Gasteiger partial charge in [-0.1, -0.05) is 18.2 Å². The van der Waals surface area contributed by atoms with Crippen LogP contribution in [-0.4, -0.2) is 28.5 Å². The molecule has 6 nitrogen and oxygen atoms in total. The Morgan fingerprint density at radius 2 is 1.85 bits per heavy atom. The fraction of sp³-hybridized carbons (Fsp3) is 0.190. The average molecular weight is 362 g/mol. The maximum Gasteiger partial charge on any atom is 0.271 e. The molecular weight excluding hydrogens is 340 g/mol. The SMILES string of the molecule is CCOc1ccc(C(=O)N/N=C/c2c(C)nn(-c3ccccc3)c2C)cc1. The first-order chi connectivity index (χ1) is 13.1. The van der Waals surface area contributed by atoms with Gasteiger partial charge in [0.15, 0.2) is 0 Å². The van der Waals surface area contributed by atoms with Gasteiger partial charge in [0.05, 0.1) is 29.9 Å². The molecule has 2 aromatic carbocycles. The van der Waals surface area contributed by atoms with Crippen molar-refractivity contribution in [1.29, 1.82) is 0 Å². The highest BCUT2D eigenvalue weighted by atomic mass is 16.5. The molecule has 1 amide bonds. The predicted molar refractivity (Wildman–Crippen MR) is 106 cm³/mol. The van der Waals surface area contributed by atoms with Gasteiger partial charge in [0.2, 0.25) is 0 Å². The number of hydrazone groups is 1. The summed E-state index contributed by atoms with van der Waals surface area (Å²) in [4.78, 5) is 12.2. The first-order valence-electron chi connectivity index (χ1n) is 8.78. The van der Waals surface area contributed by atoms with E-state index in [2.05, 4.69) is 15.6 Å². The molecule has 0 radical (unpaired) electrons. The largest absolute Gasteiger partial charge is 0.494 e. The number of hydrogen-bond acceptors (Lipinski definition) is 4. The standard InChI is InChI=1S/C21H22N4O2/c1-4-27-19-12-10-17(11-13-19)21(26)23-22-14-20-15(2)24-25(16(20)3)18-8-6-5-7-9-18/h5-14H,4H2,1-3H3,(H,23,26)/b22-14+. The van der Waals surface area contributed by atoms with Crippen molar-refractivity contribution < 1.29 is 9.53 Å². The smallest absolute Gasteiger partial charge is 0.271 e. The van der Waals surface area contributed by atoms with E-state index in [0.29, 0.717) is 12.2 Å². The summed E-state index contributed by atoms with van der Waals surface area (Å²) in [6.07, 6.45) is 1.63. The van der Waals surface area contributed by atoms with E-state index in [0.717, 1.165) is 28.4 Å². The van der Waals surface area contributed by atoms with E-state index in [4.69, 9.17) is 4.74 Å². The molecule has 0 saturated heterocycles. The Hall–Kier alpha value is -3.41. The molecule has 0 unspecified atom stereocenters. The molecule has 0 aliphatic carbocycles. The number of aryl methyl sites for hydroxylation is 1. The third kappa shape index (κ3) is 4.23. The molecule has 3 rings (SSSR count). The Morgan fingerprint density at radius 3 is 2.52 bits per heavy atom. The second kappa shape index (κ2) is 8.31.